The second-order valence-corrected chi connectivity index (χ2v) is 5.09. The number of rotatable bonds is 4. The molecular weight excluding hydrogens is 282 g/mol. The first kappa shape index (κ1) is 13.7. The Morgan fingerprint density at radius 1 is 0.952 bits per heavy atom. The lowest BCUT2D eigenvalue weighted by Crippen LogP contribution is -1.97. The summed E-state index contributed by atoms with van der Waals surface area (Å²) in [6.07, 6.45) is 3.52. The molecule has 0 amide bonds. The third-order valence-corrected chi connectivity index (χ3v) is 3.39. The van der Waals surface area contributed by atoms with Crippen LogP contribution in [0.25, 0.3) is 11.1 Å². The first-order chi connectivity index (χ1) is 10.3. The number of halogens is 1. The van der Waals surface area contributed by atoms with Crippen LogP contribution in [0.1, 0.15) is 5.56 Å². The summed E-state index contributed by atoms with van der Waals surface area (Å²) < 4.78 is 5.91. The molecule has 0 bridgehead atoms. The van der Waals surface area contributed by atoms with Gasteiger partial charge in [0.2, 0.25) is 0 Å². The van der Waals surface area contributed by atoms with Crippen molar-refractivity contribution < 1.29 is 4.74 Å². The van der Waals surface area contributed by atoms with Crippen LogP contribution >= 0.6 is 11.6 Å². The fraction of sp³-hybridized carbons (Fsp3) is 0.0556. The minimum atomic E-state index is 0.464. The van der Waals surface area contributed by atoms with Crippen LogP contribution in [0.3, 0.4) is 0 Å². The highest BCUT2D eigenvalue weighted by molar-refractivity contribution is 6.30. The molecular formula is C18H14ClNO. The van der Waals surface area contributed by atoms with E-state index in [1.165, 1.54) is 0 Å². The highest BCUT2D eigenvalue weighted by atomic mass is 35.5. The molecule has 1 heterocycles. The van der Waals surface area contributed by atoms with Crippen LogP contribution in [0.5, 0.6) is 5.75 Å². The van der Waals surface area contributed by atoms with Crippen LogP contribution in [-0.4, -0.2) is 4.98 Å². The lowest BCUT2D eigenvalue weighted by Gasteiger charge is -2.11. The minimum Gasteiger partial charge on any atom is -0.487 e. The molecule has 2 aromatic carbocycles. The second kappa shape index (κ2) is 6.42. The number of nitrogens with zero attached hydrogens (tertiary/aromatic N) is 1. The predicted molar refractivity (Wildman–Crippen MR) is 85.5 cm³/mol. The molecule has 3 heteroatoms. The Labute approximate surface area is 129 Å². The monoisotopic (exact) mass is 295 g/mol. The van der Waals surface area contributed by atoms with Crippen molar-refractivity contribution in [3.8, 4) is 16.9 Å². The number of benzene rings is 2. The largest absolute Gasteiger partial charge is 0.487 e. The van der Waals surface area contributed by atoms with Crippen molar-refractivity contribution in [2.45, 2.75) is 6.61 Å². The topological polar surface area (TPSA) is 22.1 Å². The van der Waals surface area contributed by atoms with E-state index in [1.807, 2.05) is 48.5 Å². The summed E-state index contributed by atoms with van der Waals surface area (Å²) in [5.41, 5.74) is 3.18. The zero-order valence-electron chi connectivity index (χ0n) is 11.4. The van der Waals surface area contributed by atoms with Gasteiger partial charge in [0.05, 0.1) is 6.20 Å². The molecule has 3 aromatic rings. The predicted octanol–water partition coefficient (Wildman–Crippen LogP) is 4.98. The van der Waals surface area contributed by atoms with Crippen molar-refractivity contribution in [2.75, 3.05) is 0 Å². The number of aromatic nitrogens is 1. The first-order valence-electron chi connectivity index (χ1n) is 6.69. The van der Waals surface area contributed by atoms with E-state index in [0.29, 0.717) is 11.6 Å². The van der Waals surface area contributed by atoms with Gasteiger partial charge < -0.3 is 4.74 Å². The molecule has 0 saturated carbocycles. The maximum Gasteiger partial charge on any atom is 0.145 e. The van der Waals surface area contributed by atoms with Gasteiger partial charge in [-0.1, -0.05) is 54.1 Å². The van der Waals surface area contributed by atoms with E-state index in [9.17, 15) is 0 Å². The van der Waals surface area contributed by atoms with Gasteiger partial charge in [-0.15, -0.1) is 0 Å². The first-order valence-corrected chi connectivity index (χ1v) is 7.07. The van der Waals surface area contributed by atoms with Crippen LogP contribution in [-0.2, 0) is 6.61 Å². The normalized spacial score (nSPS) is 10.3. The highest BCUT2D eigenvalue weighted by Crippen LogP contribution is 2.29. The molecule has 21 heavy (non-hydrogen) atoms. The lowest BCUT2D eigenvalue weighted by atomic mass is 10.1. The Balaban J connectivity index is 1.83. The van der Waals surface area contributed by atoms with Crippen LogP contribution in [0.2, 0.25) is 5.02 Å². The standard InChI is InChI=1S/C18H14ClNO/c19-16-8-4-5-14(11-16)13-21-18-12-20-10-9-17(18)15-6-2-1-3-7-15/h1-12H,13H2. The number of ether oxygens (including phenoxy) is 1. The Morgan fingerprint density at radius 3 is 2.62 bits per heavy atom. The molecule has 0 fully saturated rings. The third kappa shape index (κ3) is 3.41. The third-order valence-electron chi connectivity index (χ3n) is 3.15. The summed E-state index contributed by atoms with van der Waals surface area (Å²) in [5, 5.41) is 0.713. The Morgan fingerprint density at radius 2 is 1.81 bits per heavy atom. The van der Waals surface area contributed by atoms with Gasteiger partial charge in [0, 0.05) is 16.8 Å². The van der Waals surface area contributed by atoms with Gasteiger partial charge in [0.25, 0.3) is 0 Å². The fourth-order valence-corrected chi connectivity index (χ4v) is 2.35. The summed E-state index contributed by atoms with van der Waals surface area (Å²) in [5.74, 6) is 0.767. The van der Waals surface area contributed by atoms with Crippen molar-refractivity contribution >= 4 is 11.6 Å². The molecule has 0 saturated heterocycles. The van der Waals surface area contributed by atoms with Crippen molar-refractivity contribution in [2.24, 2.45) is 0 Å². The van der Waals surface area contributed by atoms with E-state index in [2.05, 4.69) is 17.1 Å². The Kier molecular flexibility index (Phi) is 4.17. The van der Waals surface area contributed by atoms with Gasteiger partial charge >= 0.3 is 0 Å². The zero-order valence-corrected chi connectivity index (χ0v) is 12.1. The van der Waals surface area contributed by atoms with Crippen LogP contribution < -0.4 is 4.74 Å². The van der Waals surface area contributed by atoms with Crippen LogP contribution in [0, 0.1) is 0 Å². The lowest BCUT2D eigenvalue weighted by molar-refractivity contribution is 0.306. The average Bonchev–Trinajstić information content (AvgIpc) is 2.54. The molecule has 0 radical (unpaired) electrons. The SMILES string of the molecule is Clc1cccc(COc2cnccc2-c2ccccc2)c1. The van der Waals surface area contributed by atoms with E-state index < -0.39 is 0 Å². The summed E-state index contributed by atoms with van der Waals surface area (Å²) >= 11 is 5.99. The van der Waals surface area contributed by atoms with E-state index in [0.717, 1.165) is 22.4 Å². The summed E-state index contributed by atoms with van der Waals surface area (Å²) in [7, 11) is 0. The molecule has 0 unspecified atom stereocenters. The molecule has 0 spiro atoms. The molecule has 1 aromatic heterocycles. The molecule has 3 rings (SSSR count). The van der Waals surface area contributed by atoms with Crippen molar-refractivity contribution in [3.05, 3.63) is 83.6 Å². The Bertz CT molecular complexity index is 728. The number of hydrogen-bond donors (Lipinski definition) is 0. The van der Waals surface area contributed by atoms with E-state index in [1.54, 1.807) is 12.4 Å². The quantitative estimate of drug-likeness (QED) is 0.677. The minimum absolute atomic E-state index is 0.464. The molecule has 2 nitrogen and oxygen atoms in total. The zero-order chi connectivity index (χ0) is 14.5. The smallest absolute Gasteiger partial charge is 0.145 e. The Hall–Kier alpha value is -2.32. The molecule has 0 aliphatic heterocycles. The molecule has 0 atom stereocenters. The van der Waals surface area contributed by atoms with Crippen molar-refractivity contribution in [3.63, 3.8) is 0 Å². The summed E-state index contributed by atoms with van der Waals surface area (Å²) in [6, 6.07) is 19.8. The fourth-order valence-electron chi connectivity index (χ4n) is 2.14. The average molecular weight is 296 g/mol. The maximum atomic E-state index is 5.99. The van der Waals surface area contributed by atoms with E-state index in [-0.39, 0.29) is 0 Å². The van der Waals surface area contributed by atoms with Crippen molar-refractivity contribution in [1.29, 1.82) is 0 Å². The molecule has 0 aliphatic carbocycles. The maximum absolute atomic E-state index is 5.99. The van der Waals surface area contributed by atoms with Gasteiger partial charge in [-0.25, -0.2) is 0 Å². The molecule has 0 aliphatic rings. The van der Waals surface area contributed by atoms with E-state index in [4.69, 9.17) is 16.3 Å². The van der Waals surface area contributed by atoms with Gasteiger partial charge in [0.15, 0.2) is 0 Å². The van der Waals surface area contributed by atoms with E-state index >= 15 is 0 Å². The van der Waals surface area contributed by atoms with Crippen molar-refractivity contribution in [1.82, 2.24) is 4.98 Å². The number of hydrogen-bond acceptors (Lipinski definition) is 2. The van der Waals surface area contributed by atoms with Crippen LogP contribution in [0.15, 0.2) is 73.1 Å². The second-order valence-electron chi connectivity index (χ2n) is 4.66. The highest BCUT2D eigenvalue weighted by Gasteiger charge is 2.06. The molecule has 104 valence electrons. The number of pyridine rings is 1. The van der Waals surface area contributed by atoms with Crippen LogP contribution in [0.4, 0.5) is 0 Å². The van der Waals surface area contributed by atoms with Gasteiger partial charge in [-0.2, -0.15) is 0 Å². The van der Waals surface area contributed by atoms with Gasteiger partial charge in [-0.05, 0) is 29.3 Å². The van der Waals surface area contributed by atoms with Gasteiger partial charge in [-0.3, -0.25) is 4.98 Å². The molecule has 0 N–H and O–H groups in total. The summed E-state index contributed by atoms with van der Waals surface area (Å²) in [4.78, 5) is 4.15. The van der Waals surface area contributed by atoms with Gasteiger partial charge in [0.1, 0.15) is 12.4 Å². The summed E-state index contributed by atoms with van der Waals surface area (Å²) in [6.45, 7) is 0.464.